The van der Waals surface area contributed by atoms with E-state index in [0.717, 1.165) is 18.4 Å². The fourth-order valence-corrected chi connectivity index (χ4v) is 2.82. The van der Waals surface area contributed by atoms with Crippen molar-refractivity contribution in [2.75, 3.05) is 12.3 Å². The van der Waals surface area contributed by atoms with Crippen molar-refractivity contribution in [3.8, 4) is 0 Å². The van der Waals surface area contributed by atoms with Crippen LogP contribution in [0.25, 0.3) is 0 Å². The van der Waals surface area contributed by atoms with E-state index in [1.54, 1.807) is 0 Å². The largest absolute Gasteiger partial charge is 0.330 e. The Balaban J connectivity index is 2.41. The van der Waals surface area contributed by atoms with Gasteiger partial charge in [0.25, 0.3) is 0 Å². The third-order valence-electron chi connectivity index (χ3n) is 2.10. The molecule has 1 aromatic rings. The molecule has 0 aliphatic rings. The highest BCUT2D eigenvalue weighted by atomic mass is 35.5. The van der Waals surface area contributed by atoms with Gasteiger partial charge in [0, 0.05) is 27.3 Å². The van der Waals surface area contributed by atoms with Crippen molar-refractivity contribution < 1.29 is 4.21 Å². The van der Waals surface area contributed by atoms with Gasteiger partial charge in [-0.3, -0.25) is 4.21 Å². The molecule has 15 heavy (non-hydrogen) atoms. The van der Waals surface area contributed by atoms with Crippen LogP contribution in [-0.2, 0) is 16.6 Å². The molecule has 0 saturated heterocycles. The van der Waals surface area contributed by atoms with Gasteiger partial charge >= 0.3 is 0 Å². The number of benzene rings is 1. The molecular formula is C11H16ClNOS. The molecule has 2 nitrogen and oxygen atoms in total. The van der Waals surface area contributed by atoms with Crippen molar-refractivity contribution in [1.29, 1.82) is 0 Å². The number of hydrogen-bond acceptors (Lipinski definition) is 2. The molecule has 0 radical (unpaired) electrons. The van der Waals surface area contributed by atoms with E-state index in [9.17, 15) is 4.21 Å². The minimum Gasteiger partial charge on any atom is -0.330 e. The minimum atomic E-state index is -0.823. The maximum absolute atomic E-state index is 11.7. The van der Waals surface area contributed by atoms with Crippen molar-refractivity contribution in [1.82, 2.24) is 0 Å². The van der Waals surface area contributed by atoms with Gasteiger partial charge < -0.3 is 5.73 Å². The van der Waals surface area contributed by atoms with Gasteiger partial charge in [-0.05, 0) is 31.0 Å². The predicted molar refractivity (Wildman–Crippen MR) is 66.5 cm³/mol. The molecule has 0 aliphatic carbocycles. The molecule has 0 aromatic heterocycles. The van der Waals surface area contributed by atoms with Crippen molar-refractivity contribution in [2.45, 2.75) is 18.6 Å². The minimum absolute atomic E-state index is 0.546. The SMILES string of the molecule is NCCCCS(=O)Cc1ccccc1Cl. The average Bonchev–Trinajstić information content (AvgIpc) is 2.22. The second-order valence-corrected chi connectivity index (χ2v) is 5.36. The van der Waals surface area contributed by atoms with Crippen LogP contribution >= 0.6 is 11.6 Å². The molecule has 2 N–H and O–H groups in total. The Morgan fingerprint density at radius 1 is 1.27 bits per heavy atom. The zero-order valence-corrected chi connectivity index (χ0v) is 10.2. The van der Waals surface area contributed by atoms with Crippen LogP contribution in [-0.4, -0.2) is 16.5 Å². The third kappa shape index (κ3) is 4.78. The van der Waals surface area contributed by atoms with Gasteiger partial charge in [-0.2, -0.15) is 0 Å². The van der Waals surface area contributed by atoms with Gasteiger partial charge in [-0.1, -0.05) is 29.8 Å². The van der Waals surface area contributed by atoms with E-state index in [0.29, 0.717) is 23.1 Å². The number of unbranched alkanes of at least 4 members (excludes halogenated alkanes) is 1. The quantitative estimate of drug-likeness (QED) is 0.782. The van der Waals surface area contributed by atoms with E-state index < -0.39 is 10.8 Å². The molecule has 4 heteroatoms. The zero-order chi connectivity index (χ0) is 11.1. The predicted octanol–water partition coefficient (Wildman–Crippen LogP) is 2.33. The van der Waals surface area contributed by atoms with E-state index >= 15 is 0 Å². The lowest BCUT2D eigenvalue weighted by atomic mass is 10.2. The molecule has 0 bridgehead atoms. The summed E-state index contributed by atoms with van der Waals surface area (Å²) in [6, 6.07) is 7.54. The first-order chi connectivity index (χ1) is 7.24. The first-order valence-corrected chi connectivity index (χ1v) is 6.89. The van der Waals surface area contributed by atoms with Crippen LogP contribution in [0.3, 0.4) is 0 Å². The van der Waals surface area contributed by atoms with Gasteiger partial charge in [0.2, 0.25) is 0 Å². The van der Waals surface area contributed by atoms with Crippen molar-refractivity contribution in [2.24, 2.45) is 5.73 Å². The number of nitrogens with two attached hydrogens (primary N) is 1. The summed E-state index contributed by atoms with van der Waals surface area (Å²) >= 11 is 5.98. The smallest absolute Gasteiger partial charge is 0.0500 e. The maximum Gasteiger partial charge on any atom is 0.0500 e. The highest BCUT2D eigenvalue weighted by molar-refractivity contribution is 7.84. The van der Waals surface area contributed by atoms with Gasteiger partial charge in [-0.25, -0.2) is 0 Å². The van der Waals surface area contributed by atoms with E-state index in [1.165, 1.54) is 0 Å². The standard InChI is InChI=1S/C11H16ClNOS/c12-11-6-2-1-5-10(11)9-15(14)8-4-3-7-13/h1-2,5-6H,3-4,7-9,13H2. The molecule has 1 unspecified atom stereocenters. The van der Waals surface area contributed by atoms with E-state index in [1.807, 2.05) is 24.3 Å². The Bertz CT molecular complexity index is 330. The second-order valence-electron chi connectivity index (χ2n) is 3.38. The molecule has 0 saturated carbocycles. The van der Waals surface area contributed by atoms with Crippen LogP contribution < -0.4 is 5.73 Å². The Hall–Kier alpha value is -0.380. The lowest BCUT2D eigenvalue weighted by Gasteiger charge is -2.03. The molecule has 1 aromatic carbocycles. The molecule has 0 heterocycles. The Labute approximate surface area is 98.3 Å². The number of hydrogen-bond donors (Lipinski definition) is 1. The van der Waals surface area contributed by atoms with Crippen LogP contribution in [0, 0.1) is 0 Å². The van der Waals surface area contributed by atoms with Crippen molar-refractivity contribution >= 4 is 22.4 Å². The number of halogens is 1. The lowest BCUT2D eigenvalue weighted by Crippen LogP contribution is -2.05. The first-order valence-electron chi connectivity index (χ1n) is 5.02. The van der Waals surface area contributed by atoms with Crippen molar-refractivity contribution in [3.05, 3.63) is 34.9 Å². The van der Waals surface area contributed by atoms with Crippen LogP contribution in [0.1, 0.15) is 18.4 Å². The van der Waals surface area contributed by atoms with Crippen LogP contribution in [0.5, 0.6) is 0 Å². The van der Waals surface area contributed by atoms with Crippen LogP contribution in [0.4, 0.5) is 0 Å². The monoisotopic (exact) mass is 245 g/mol. The summed E-state index contributed by atoms with van der Waals surface area (Å²) < 4.78 is 11.7. The molecule has 1 atom stereocenters. The summed E-state index contributed by atoms with van der Waals surface area (Å²) in [7, 11) is -0.823. The van der Waals surface area contributed by atoms with E-state index in [4.69, 9.17) is 17.3 Å². The summed E-state index contributed by atoms with van der Waals surface area (Å²) in [5.41, 5.74) is 6.33. The topological polar surface area (TPSA) is 43.1 Å². The fraction of sp³-hybridized carbons (Fsp3) is 0.455. The fourth-order valence-electron chi connectivity index (χ4n) is 1.27. The molecule has 1 rings (SSSR count). The van der Waals surface area contributed by atoms with Gasteiger partial charge in [-0.15, -0.1) is 0 Å². The van der Waals surface area contributed by atoms with E-state index in [2.05, 4.69) is 0 Å². The molecule has 0 fully saturated rings. The third-order valence-corrected chi connectivity index (χ3v) is 3.85. The van der Waals surface area contributed by atoms with Crippen LogP contribution in [0.15, 0.2) is 24.3 Å². The van der Waals surface area contributed by atoms with Crippen LogP contribution in [0.2, 0.25) is 5.02 Å². The summed E-state index contributed by atoms with van der Waals surface area (Å²) in [4.78, 5) is 0. The molecule has 0 amide bonds. The highest BCUT2D eigenvalue weighted by Crippen LogP contribution is 2.16. The lowest BCUT2D eigenvalue weighted by molar-refractivity contribution is 0.677. The first kappa shape index (κ1) is 12.7. The summed E-state index contributed by atoms with van der Waals surface area (Å²) in [6.45, 7) is 0.670. The normalized spacial score (nSPS) is 12.7. The van der Waals surface area contributed by atoms with Gasteiger partial charge in [0.05, 0.1) is 0 Å². The molecular weight excluding hydrogens is 230 g/mol. The summed E-state index contributed by atoms with van der Waals surface area (Å²) in [5, 5.41) is 0.699. The average molecular weight is 246 g/mol. The zero-order valence-electron chi connectivity index (χ0n) is 8.62. The number of rotatable bonds is 6. The van der Waals surface area contributed by atoms with E-state index in [-0.39, 0.29) is 0 Å². The Kier molecular flexibility index (Phi) is 5.91. The maximum atomic E-state index is 11.7. The van der Waals surface area contributed by atoms with Gasteiger partial charge in [0.15, 0.2) is 0 Å². The molecule has 84 valence electrons. The van der Waals surface area contributed by atoms with Gasteiger partial charge in [0.1, 0.15) is 0 Å². The molecule has 0 spiro atoms. The molecule has 0 aliphatic heterocycles. The van der Waals surface area contributed by atoms with Crippen molar-refractivity contribution in [3.63, 3.8) is 0 Å². The highest BCUT2D eigenvalue weighted by Gasteiger charge is 2.04. The summed E-state index contributed by atoms with van der Waals surface area (Å²) in [6.07, 6.45) is 1.86. The Morgan fingerprint density at radius 2 is 2.00 bits per heavy atom. The Morgan fingerprint density at radius 3 is 2.67 bits per heavy atom. The summed E-state index contributed by atoms with van der Waals surface area (Å²) in [5.74, 6) is 1.26. The second kappa shape index (κ2) is 6.99.